The molecule has 4 nitrogen and oxygen atoms in total. The van der Waals surface area contributed by atoms with Crippen LogP contribution in [0.2, 0.25) is 0 Å². The van der Waals surface area contributed by atoms with Crippen LogP contribution in [0.1, 0.15) is 36.5 Å². The molecular weight excluding hydrogens is 326 g/mol. The van der Waals surface area contributed by atoms with Crippen LogP contribution in [0.4, 0.5) is 0 Å². The first-order valence-electron chi connectivity index (χ1n) is 9.33. The Hall–Kier alpha value is -2.17. The Labute approximate surface area is 155 Å². The highest BCUT2D eigenvalue weighted by Crippen LogP contribution is 2.26. The minimum atomic E-state index is -0.135. The number of nitrogens with zero attached hydrogens (tertiary/aromatic N) is 1. The zero-order valence-corrected chi connectivity index (χ0v) is 15.3. The Bertz CT molecular complexity index is 635. The van der Waals surface area contributed by atoms with Crippen molar-refractivity contribution in [3.63, 3.8) is 0 Å². The van der Waals surface area contributed by atoms with Crippen molar-refractivity contribution in [3.05, 3.63) is 71.8 Å². The van der Waals surface area contributed by atoms with Gasteiger partial charge in [-0.3, -0.25) is 9.69 Å². The van der Waals surface area contributed by atoms with Crippen LogP contribution in [0.5, 0.6) is 0 Å². The fourth-order valence-electron chi connectivity index (χ4n) is 3.59. The lowest BCUT2D eigenvalue weighted by Crippen LogP contribution is -2.46. The molecule has 1 aliphatic rings. The molecule has 0 bridgehead atoms. The van der Waals surface area contributed by atoms with Gasteiger partial charge in [0.2, 0.25) is 0 Å². The normalized spacial score (nSPS) is 18.0. The predicted octanol–water partition coefficient (Wildman–Crippen LogP) is 3.82. The topological polar surface area (TPSA) is 38.8 Å². The van der Waals surface area contributed by atoms with Gasteiger partial charge in [0.15, 0.2) is 0 Å². The first-order chi connectivity index (χ1) is 12.8. The zero-order chi connectivity index (χ0) is 18.2. The van der Waals surface area contributed by atoms with Crippen LogP contribution in [0.25, 0.3) is 0 Å². The average molecular weight is 353 g/mol. The molecule has 1 aliphatic heterocycles. The molecule has 3 rings (SSSR count). The molecule has 4 heteroatoms. The van der Waals surface area contributed by atoms with Gasteiger partial charge in [0.1, 0.15) is 12.1 Å². The van der Waals surface area contributed by atoms with Gasteiger partial charge in [-0.15, -0.1) is 0 Å². The zero-order valence-electron chi connectivity index (χ0n) is 15.3. The second-order valence-electron chi connectivity index (χ2n) is 6.64. The number of rotatable bonds is 7. The number of ether oxygens (including phenoxy) is 2. The van der Waals surface area contributed by atoms with Gasteiger partial charge in [-0.2, -0.15) is 0 Å². The number of esters is 1. The second kappa shape index (κ2) is 9.51. The largest absolute Gasteiger partial charge is 0.468 e. The third-order valence-corrected chi connectivity index (χ3v) is 4.95. The molecule has 2 aromatic rings. The summed E-state index contributed by atoms with van der Waals surface area (Å²) in [6, 6.07) is 20.4. The SMILES string of the molecule is COC(=O)C1CCCCN1CCOC(c1ccccc1)c1ccccc1. The van der Waals surface area contributed by atoms with E-state index in [2.05, 4.69) is 29.2 Å². The van der Waals surface area contributed by atoms with Crippen LogP contribution in [-0.4, -0.2) is 43.7 Å². The highest BCUT2D eigenvalue weighted by Gasteiger charge is 2.29. The standard InChI is InChI=1S/C22H27NO3/c1-25-22(24)20-14-8-9-15-23(20)16-17-26-21(18-10-4-2-5-11-18)19-12-6-3-7-13-19/h2-7,10-13,20-21H,8-9,14-17H2,1H3. The maximum absolute atomic E-state index is 12.0. The Morgan fingerprint density at radius 2 is 1.65 bits per heavy atom. The molecule has 1 heterocycles. The summed E-state index contributed by atoms with van der Waals surface area (Å²) in [6.45, 7) is 2.22. The van der Waals surface area contributed by atoms with E-state index in [4.69, 9.17) is 9.47 Å². The number of hydrogen-bond donors (Lipinski definition) is 0. The van der Waals surface area contributed by atoms with Crippen LogP contribution in [0.3, 0.4) is 0 Å². The van der Waals surface area contributed by atoms with Crippen molar-refractivity contribution in [1.29, 1.82) is 0 Å². The Morgan fingerprint density at radius 3 is 2.23 bits per heavy atom. The molecule has 26 heavy (non-hydrogen) atoms. The minimum Gasteiger partial charge on any atom is -0.468 e. The van der Waals surface area contributed by atoms with E-state index in [0.29, 0.717) is 6.61 Å². The van der Waals surface area contributed by atoms with Crippen LogP contribution >= 0.6 is 0 Å². The van der Waals surface area contributed by atoms with Crippen molar-refractivity contribution in [1.82, 2.24) is 4.90 Å². The molecule has 138 valence electrons. The molecule has 0 spiro atoms. The number of piperidine rings is 1. The van der Waals surface area contributed by atoms with E-state index in [1.165, 1.54) is 7.11 Å². The Kier molecular flexibility index (Phi) is 6.81. The van der Waals surface area contributed by atoms with E-state index < -0.39 is 0 Å². The summed E-state index contributed by atoms with van der Waals surface area (Å²) in [5.41, 5.74) is 2.28. The molecule has 0 N–H and O–H groups in total. The van der Waals surface area contributed by atoms with Gasteiger partial charge in [0, 0.05) is 6.54 Å². The fourth-order valence-corrected chi connectivity index (χ4v) is 3.59. The summed E-state index contributed by atoms with van der Waals surface area (Å²) in [6.07, 6.45) is 2.97. The van der Waals surface area contributed by atoms with Gasteiger partial charge < -0.3 is 9.47 Å². The van der Waals surface area contributed by atoms with Gasteiger partial charge in [-0.25, -0.2) is 0 Å². The number of likely N-dealkylation sites (tertiary alicyclic amines) is 1. The van der Waals surface area contributed by atoms with Crippen molar-refractivity contribution in [2.45, 2.75) is 31.4 Å². The first-order valence-corrected chi connectivity index (χ1v) is 9.33. The summed E-state index contributed by atoms with van der Waals surface area (Å²) in [5, 5.41) is 0. The van der Waals surface area contributed by atoms with Crippen molar-refractivity contribution in [2.75, 3.05) is 26.8 Å². The number of carbonyl (C=O) groups excluding carboxylic acids is 1. The highest BCUT2D eigenvalue weighted by atomic mass is 16.5. The molecule has 1 fully saturated rings. The molecule has 0 radical (unpaired) electrons. The molecule has 0 aromatic heterocycles. The van der Waals surface area contributed by atoms with Gasteiger partial charge in [-0.05, 0) is 30.5 Å². The molecule has 0 aliphatic carbocycles. The lowest BCUT2D eigenvalue weighted by atomic mass is 10.0. The number of benzene rings is 2. The Balaban J connectivity index is 1.65. The second-order valence-corrected chi connectivity index (χ2v) is 6.64. The van der Waals surface area contributed by atoms with E-state index in [9.17, 15) is 4.79 Å². The summed E-state index contributed by atoms with van der Waals surface area (Å²) in [7, 11) is 1.46. The smallest absolute Gasteiger partial charge is 0.323 e. The first kappa shape index (κ1) is 18.6. The quantitative estimate of drug-likeness (QED) is 0.710. The van der Waals surface area contributed by atoms with Crippen molar-refractivity contribution >= 4 is 5.97 Å². The third kappa shape index (κ3) is 4.71. The van der Waals surface area contributed by atoms with Crippen LogP contribution in [0.15, 0.2) is 60.7 Å². The number of methoxy groups -OCH3 is 1. The summed E-state index contributed by atoms with van der Waals surface area (Å²) < 4.78 is 11.2. The molecule has 0 saturated carbocycles. The predicted molar refractivity (Wildman–Crippen MR) is 102 cm³/mol. The van der Waals surface area contributed by atoms with E-state index in [1.807, 2.05) is 36.4 Å². The molecule has 1 unspecified atom stereocenters. The molecule has 2 aromatic carbocycles. The van der Waals surface area contributed by atoms with Gasteiger partial charge in [0.05, 0.1) is 13.7 Å². The molecule has 1 atom stereocenters. The van der Waals surface area contributed by atoms with E-state index >= 15 is 0 Å². The van der Waals surface area contributed by atoms with Crippen LogP contribution < -0.4 is 0 Å². The van der Waals surface area contributed by atoms with Gasteiger partial charge in [-0.1, -0.05) is 67.1 Å². The Morgan fingerprint density at radius 1 is 1.04 bits per heavy atom. The summed E-state index contributed by atoms with van der Waals surface area (Å²) in [4.78, 5) is 14.2. The van der Waals surface area contributed by atoms with Crippen LogP contribution in [0, 0.1) is 0 Å². The van der Waals surface area contributed by atoms with Crippen molar-refractivity contribution < 1.29 is 14.3 Å². The maximum Gasteiger partial charge on any atom is 0.323 e. The van der Waals surface area contributed by atoms with E-state index in [0.717, 1.165) is 43.5 Å². The monoisotopic (exact) mass is 353 g/mol. The third-order valence-electron chi connectivity index (χ3n) is 4.95. The van der Waals surface area contributed by atoms with E-state index in [-0.39, 0.29) is 18.1 Å². The van der Waals surface area contributed by atoms with E-state index in [1.54, 1.807) is 0 Å². The summed E-state index contributed by atoms with van der Waals surface area (Å²) >= 11 is 0. The number of hydrogen-bond acceptors (Lipinski definition) is 4. The van der Waals surface area contributed by atoms with Crippen molar-refractivity contribution in [2.24, 2.45) is 0 Å². The number of carbonyl (C=O) groups is 1. The lowest BCUT2D eigenvalue weighted by molar-refractivity contribution is -0.148. The van der Waals surface area contributed by atoms with Crippen molar-refractivity contribution in [3.8, 4) is 0 Å². The van der Waals surface area contributed by atoms with Gasteiger partial charge >= 0.3 is 5.97 Å². The maximum atomic E-state index is 12.0. The average Bonchev–Trinajstić information content (AvgIpc) is 2.72. The molecular formula is C22H27NO3. The lowest BCUT2D eigenvalue weighted by Gasteiger charge is -2.34. The van der Waals surface area contributed by atoms with Crippen LogP contribution in [-0.2, 0) is 14.3 Å². The minimum absolute atomic E-state index is 0.0984. The fraction of sp³-hybridized carbons (Fsp3) is 0.409. The molecule has 1 saturated heterocycles. The van der Waals surface area contributed by atoms with Gasteiger partial charge in [0.25, 0.3) is 0 Å². The highest BCUT2D eigenvalue weighted by molar-refractivity contribution is 5.75. The molecule has 0 amide bonds. The summed E-state index contributed by atoms with van der Waals surface area (Å²) in [5.74, 6) is -0.132.